The normalized spacial score (nSPS) is 19.8. The fourth-order valence-corrected chi connectivity index (χ4v) is 4.85. The second-order valence-electron chi connectivity index (χ2n) is 8.85. The number of fused-ring (bicyclic) bond motifs is 1. The average molecular weight is 520 g/mol. The van der Waals surface area contributed by atoms with Crippen LogP contribution in [0.25, 0.3) is 0 Å². The smallest absolute Gasteiger partial charge is 0.366 e. The molecule has 2 aliphatic rings. The number of hydrazone groups is 1. The van der Waals surface area contributed by atoms with Gasteiger partial charge in [0.1, 0.15) is 12.0 Å². The van der Waals surface area contributed by atoms with Crippen LogP contribution in [0.15, 0.2) is 53.6 Å². The summed E-state index contributed by atoms with van der Waals surface area (Å²) in [6.07, 6.45) is -2.87. The van der Waals surface area contributed by atoms with E-state index in [4.69, 9.17) is 17.3 Å². The van der Waals surface area contributed by atoms with Crippen molar-refractivity contribution < 1.29 is 27.6 Å². The number of likely N-dealkylation sites (tertiary alicyclic amines) is 1. The minimum absolute atomic E-state index is 0.0888. The Labute approximate surface area is 210 Å². The van der Waals surface area contributed by atoms with Gasteiger partial charge in [-0.05, 0) is 36.1 Å². The highest BCUT2D eigenvalue weighted by Crippen LogP contribution is 2.39. The van der Waals surface area contributed by atoms with Crippen molar-refractivity contribution in [1.82, 2.24) is 9.91 Å². The summed E-state index contributed by atoms with van der Waals surface area (Å²) >= 11 is 5.93. The van der Waals surface area contributed by atoms with Crippen molar-refractivity contribution in [1.29, 1.82) is 0 Å². The summed E-state index contributed by atoms with van der Waals surface area (Å²) in [5.74, 6) is -1.87. The van der Waals surface area contributed by atoms with E-state index in [1.165, 1.54) is 17.4 Å². The van der Waals surface area contributed by atoms with Crippen LogP contribution in [0.3, 0.4) is 0 Å². The van der Waals surface area contributed by atoms with Crippen LogP contribution in [0, 0.1) is 11.8 Å². The molecule has 0 aliphatic carbocycles. The number of carbonyl (C=O) groups excluding carboxylic acids is 3. The summed E-state index contributed by atoms with van der Waals surface area (Å²) in [5.41, 5.74) is 5.82. The molecule has 2 aliphatic heterocycles. The number of rotatable bonds is 7. The molecular formula is C25H23ClF3N4O3. The molecule has 1 atom stereocenters. The van der Waals surface area contributed by atoms with Gasteiger partial charge in [0.2, 0.25) is 11.8 Å². The van der Waals surface area contributed by atoms with Crippen LogP contribution >= 0.6 is 11.6 Å². The molecule has 2 aromatic carbocycles. The number of benzene rings is 2. The standard InChI is InChI=1S/C25H23ClF3N4O3/c26-18-8-6-17(19(12-18)22(30)35)7-9-21(34)32-11-10-20-24(14-32,13-16-4-2-1-3-5-16)23(36)33(31-20)15-25(27,28)29/h1-6,8-9,12H,7,10-11,13-15H2,(H2,30,35)/t24-/m1/s1. The predicted molar refractivity (Wildman–Crippen MR) is 127 cm³/mol. The molecule has 0 saturated carbocycles. The van der Waals surface area contributed by atoms with E-state index in [1.54, 1.807) is 42.5 Å². The van der Waals surface area contributed by atoms with Crippen LogP contribution in [0.2, 0.25) is 5.02 Å². The van der Waals surface area contributed by atoms with Gasteiger partial charge in [0.25, 0.3) is 5.91 Å². The maximum atomic E-state index is 13.3. The van der Waals surface area contributed by atoms with E-state index >= 15 is 0 Å². The molecule has 3 amide bonds. The number of amides is 3. The van der Waals surface area contributed by atoms with E-state index in [9.17, 15) is 27.6 Å². The Balaban J connectivity index is 1.55. The largest absolute Gasteiger partial charge is 0.408 e. The number of carbonyl (C=O) groups is 3. The lowest BCUT2D eigenvalue weighted by molar-refractivity contribution is -0.164. The second kappa shape index (κ2) is 9.93. The molecule has 2 aromatic rings. The summed E-state index contributed by atoms with van der Waals surface area (Å²) in [6, 6.07) is 13.5. The number of nitrogens with zero attached hydrogens (tertiary/aromatic N) is 3. The number of halogens is 4. The molecule has 0 unspecified atom stereocenters. The Morgan fingerprint density at radius 2 is 1.89 bits per heavy atom. The van der Waals surface area contributed by atoms with E-state index in [2.05, 4.69) is 5.10 Å². The van der Waals surface area contributed by atoms with E-state index in [0.717, 1.165) is 5.56 Å². The van der Waals surface area contributed by atoms with Crippen LogP contribution in [-0.4, -0.2) is 59.2 Å². The van der Waals surface area contributed by atoms with E-state index < -0.39 is 35.9 Å². The first-order chi connectivity index (χ1) is 17.0. The predicted octanol–water partition coefficient (Wildman–Crippen LogP) is 3.41. The third-order valence-electron chi connectivity index (χ3n) is 6.34. The van der Waals surface area contributed by atoms with Gasteiger partial charge in [-0.3, -0.25) is 14.4 Å². The second-order valence-corrected chi connectivity index (χ2v) is 9.29. The first-order valence-electron chi connectivity index (χ1n) is 11.2. The maximum Gasteiger partial charge on any atom is 0.408 e. The van der Waals surface area contributed by atoms with Crippen LogP contribution in [-0.2, 0) is 22.4 Å². The zero-order valence-electron chi connectivity index (χ0n) is 19.1. The zero-order chi connectivity index (χ0) is 26.1. The molecule has 1 radical (unpaired) electrons. The molecule has 1 saturated heterocycles. The van der Waals surface area contributed by atoms with Gasteiger partial charge in [-0.1, -0.05) is 48.0 Å². The third kappa shape index (κ3) is 5.38. The van der Waals surface area contributed by atoms with Crippen LogP contribution in [0.5, 0.6) is 0 Å². The summed E-state index contributed by atoms with van der Waals surface area (Å²) in [4.78, 5) is 39.6. The van der Waals surface area contributed by atoms with Gasteiger partial charge in [-0.25, -0.2) is 5.01 Å². The molecule has 0 aromatic heterocycles. The fraction of sp³-hybridized carbons (Fsp3) is 0.320. The average Bonchev–Trinajstić information content (AvgIpc) is 3.07. The van der Waals surface area contributed by atoms with Crippen molar-refractivity contribution in [2.45, 2.75) is 25.4 Å². The van der Waals surface area contributed by atoms with Crippen molar-refractivity contribution in [3.63, 3.8) is 0 Å². The Morgan fingerprint density at radius 3 is 2.56 bits per heavy atom. The van der Waals surface area contributed by atoms with Crippen molar-refractivity contribution in [2.24, 2.45) is 16.3 Å². The SMILES string of the molecule is NC(=O)c1cc(Cl)ccc1C[CH]C(=O)N1CCC2=NN(CC(F)(F)F)C(=O)[C@]2(Cc2ccccc2)C1. The number of hydrogen-bond acceptors (Lipinski definition) is 4. The fourth-order valence-electron chi connectivity index (χ4n) is 4.68. The van der Waals surface area contributed by atoms with Crippen molar-refractivity contribution >= 4 is 35.0 Å². The molecule has 7 nitrogen and oxygen atoms in total. The van der Waals surface area contributed by atoms with Gasteiger partial charge in [-0.15, -0.1) is 0 Å². The zero-order valence-corrected chi connectivity index (χ0v) is 19.9. The third-order valence-corrected chi connectivity index (χ3v) is 6.58. The minimum atomic E-state index is -4.61. The summed E-state index contributed by atoms with van der Waals surface area (Å²) in [5, 5.41) is 4.84. The van der Waals surface area contributed by atoms with Crippen molar-refractivity contribution in [3.05, 3.63) is 76.7 Å². The summed E-state index contributed by atoms with van der Waals surface area (Å²) in [6.45, 7) is -1.40. The molecular weight excluding hydrogens is 497 g/mol. The summed E-state index contributed by atoms with van der Waals surface area (Å²) < 4.78 is 39.4. The Morgan fingerprint density at radius 1 is 1.17 bits per heavy atom. The van der Waals surface area contributed by atoms with Gasteiger partial charge in [0, 0.05) is 30.1 Å². The number of hydrogen-bond donors (Lipinski definition) is 1. The monoisotopic (exact) mass is 519 g/mol. The minimum Gasteiger partial charge on any atom is -0.366 e. The quantitative estimate of drug-likeness (QED) is 0.607. The lowest BCUT2D eigenvalue weighted by Gasteiger charge is -2.39. The van der Waals surface area contributed by atoms with Gasteiger partial charge in [0.05, 0.1) is 12.1 Å². The highest BCUT2D eigenvalue weighted by atomic mass is 35.5. The van der Waals surface area contributed by atoms with Crippen molar-refractivity contribution in [2.75, 3.05) is 19.6 Å². The van der Waals surface area contributed by atoms with Gasteiger partial charge < -0.3 is 10.6 Å². The van der Waals surface area contributed by atoms with Crippen LogP contribution in [0.4, 0.5) is 13.2 Å². The van der Waals surface area contributed by atoms with Gasteiger partial charge in [0.15, 0.2) is 0 Å². The Kier molecular flexibility index (Phi) is 7.08. The Bertz CT molecular complexity index is 1220. The molecule has 0 bridgehead atoms. The summed E-state index contributed by atoms with van der Waals surface area (Å²) in [7, 11) is 0. The molecule has 2 N–H and O–H groups in total. The molecule has 189 valence electrons. The highest BCUT2D eigenvalue weighted by Gasteiger charge is 2.55. The molecule has 36 heavy (non-hydrogen) atoms. The van der Waals surface area contributed by atoms with Crippen LogP contribution < -0.4 is 5.73 Å². The van der Waals surface area contributed by atoms with E-state index in [0.29, 0.717) is 21.3 Å². The highest BCUT2D eigenvalue weighted by molar-refractivity contribution is 6.31. The topological polar surface area (TPSA) is 96.1 Å². The molecule has 0 spiro atoms. The maximum absolute atomic E-state index is 13.3. The van der Waals surface area contributed by atoms with Gasteiger partial charge in [-0.2, -0.15) is 18.3 Å². The first kappa shape index (κ1) is 25.7. The number of nitrogens with two attached hydrogens (primary N) is 1. The van der Waals surface area contributed by atoms with Crippen molar-refractivity contribution in [3.8, 4) is 0 Å². The lowest BCUT2D eigenvalue weighted by atomic mass is 9.73. The first-order valence-corrected chi connectivity index (χ1v) is 11.6. The molecule has 2 heterocycles. The number of alkyl halides is 3. The number of piperidine rings is 1. The van der Waals surface area contributed by atoms with E-state index in [1.807, 2.05) is 0 Å². The van der Waals surface area contributed by atoms with Gasteiger partial charge >= 0.3 is 6.18 Å². The Hall–Kier alpha value is -3.40. The molecule has 4 rings (SSSR count). The molecule has 1 fully saturated rings. The van der Waals surface area contributed by atoms with E-state index in [-0.39, 0.29) is 37.9 Å². The van der Waals surface area contributed by atoms with Crippen LogP contribution in [0.1, 0.15) is 27.9 Å². The molecule has 11 heteroatoms. The lowest BCUT2D eigenvalue weighted by Crippen LogP contribution is -2.56. The number of primary amides is 1.